The molecular formula is C33H46N6O. The van der Waals surface area contributed by atoms with Gasteiger partial charge in [0.25, 0.3) is 0 Å². The van der Waals surface area contributed by atoms with Crippen molar-refractivity contribution < 1.29 is 4.74 Å². The van der Waals surface area contributed by atoms with Crippen molar-refractivity contribution in [1.29, 1.82) is 5.26 Å². The first-order valence-electron chi connectivity index (χ1n) is 15.8. The number of aromatic nitrogens is 2. The van der Waals surface area contributed by atoms with Crippen LogP contribution in [0.1, 0.15) is 82.3 Å². The molecule has 1 saturated carbocycles. The lowest BCUT2D eigenvalue weighted by Crippen LogP contribution is -2.42. The van der Waals surface area contributed by atoms with Gasteiger partial charge in [0.15, 0.2) is 5.82 Å². The van der Waals surface area contributed by atoms with Crippen LogP contribution in [0.3, 0.4) is 0 Å². The third-order valence-corrected chi connectivity index (χ3v) is 10.3. The molecule has 1 aliphatic carbocycles. The van der Waals surface area contributed by atoms with Gasteiger partial charge < -0.3 is 19.4 Å². The zero-order valence-electron chi connectivity index (χ0n) is 24.5. The number of piperidine rings is 2. The molecule has 214 valence electrons. The minimum atomic E-state index is 0.254. The molecule has 4 fully saturated rings. The highest BCUT2D eigenvalue weighted by Gasteiger charge is 2.44. The molecule has 2 aromatic rings. The Morgan fingerprint density at radius 2 is 1.75 bits per heavy atom. The number of anilines is 2. The third kappa shape index (κ3) is 6.07. The lowest BCUT2D eigenvalue weighted by molar-refractivity contribution is 0.0827. The topological polar surface area (TPSA) is 68.5 Å². The molecule has 1 aromatic heterocycles. The Hall–Kier alpha value is -2.85. The summed E-state index contributed by atoms with van der Waals surface area (Å²) in [5.41, 5.74) is 3.43. The number of nitrogens with zero attached hydrogens (tertiary/aromatic N) is 6. The molecule has 0 bridgehead atoms. The van der Waals surface area contributed by atoms with Crippen LogP contribution >= 0.6 is 0 Å². The maximum absolute atomic E-state index is 9.30. The highest BCUT2D eigenvalue weighted by Crippen LogP contribution is 2.45. The van der Waals surface area contributed by atoms with Crippen molar-refractivity contribution in [2.75, 3.05) is 49.1 Å². The zero-order valence-corrected chi connectivity index (χ0v) is 24.5. The van der Waals surface area contributed by atoms with E-state index in [0.29, 0.717) is 17.3 Å². The van der Waals surface area contributed by atoms with E-state index in [-0.39, 0.29) is 6.10 Å². The van der Waals surface area contributed by atoms with E-state index in [1.807, 2.05) is 19.1 Å². The van der Waals surface area contributed by atoms with Crippen molar-refractivity contribution in [2.24, 2.45) is 11.3 Å². The van der Waals surface area contributed by atoms with E-state index in [1.54, 1.807) is 0 Å². The van der Waals surface area contributed by atoms with E-state index in [9.17, 15) is 5.26 Å². The maximum Gasteiger partial charge on any atom is 0.233 e. The van der Waals surface area contributed by atoms with Gasteiger partial charge in [0.1, 0.15) is 6.10 Å². The van der Waals surface area contributed by atoms with Crippen molar-refractivity contribution in [3.63, 3.8) is 0 Å². The summed E-state index contributed by atoms with van der Waals surface area (Å²) in [6.07, 6.45) is 13.1. The van der Waals surface area contributed by atoms with Gasteiger partial charge in [-0.2, -0.15) is 5.26 Å². The second kappa shape index (κ2) is 11.9. The molecule has 0 unspecified atom stereocenters. The molecule has 4 aliphatic rings. The Labute approximate surface area is 240 Å². The van der Waals surface area contributed by atoms with Gasteiger partial charge in [0.2, 0.25) is 5.88 Å². The Bertz CT molecular complexity index is 1170. The first-order chi connectivity index (χ1) is 19.5. The van der Waals surface area contributed by atoms with E-state index in [1.165, 1.54) is 63.6 Å². The molecular weight excluding hydrogens is 496 g/mol. The molecule has 3 saturated heterocycles. The van der Waals surface area contributed by atoms with Crippen LogP contribution in [0, 0.1) is 29.6 Å². The van der Waals surface area contributed by atoms with Gasteiger partial charge in [-0.15, -0.1) is 10.2 Å². The highest BCUT2D eigenvalue weighted by molar-refractivity contribution is 5.55. The number of ether oxygens (including phenoxy) is 1. The van der Waals surface area contributed by atoms with Gasteiger partial charge in [-0.05, 0) is 100.0 Å². The second-order valence-corrected chi connectivity index (χ2v) is 13.1. The molecule has 7 nitrogen and oxygen atoms in total. The predicted octanol–water partition coefficient (Wildman–Crippen LogP) is 5.97. The van der Waals surface area contributed by atoms with Crippen LogP contribution in [-0.2, 0) is 0 Å². The minimum absolute atomic E-state index is 0.254. The van der Waals surface area contributed by atoms with Gasteiger partial charge in [0, 0.05) is 57.1 Å². The molecule has 1 spiro atoms. The van der Waals surface area contributed by atoms with E-state index >= 15 is 0 Å². The van der Waals surface area contributed by atoms with Crippen LogP contribution in [0.5, 0.6) is 5.88 Å². The Kier molecular flexibility index (Phi) is 8.16. The van der Waals surface area contributed by atoms with Crippen molar-refractivity contribution >= 4 is 11.5 Å². The Morgan fingerprint density at radius 1 is 0.975 bits per heavy atom. The van der Waals surface area contributed by atoms with E-state index < -0.39 is 0 Å². The number of hydrogen-bond acceptors (Lipinski definition) is 7. The summed E-state index contributed by atoms with van der Waals surface area (Å²) >= 11 is 0. The fourth-order valence-corrected chi connectivity index (χ4v) is 7.85. The van der Waals surface area contributed by atoms with Crippen molar-refractivity contribution in [2.45, 2.75) is 90.2 Å². The average molecular weight is 543 g/mol. The van der Waals surface area contributed by atoms with E-state index in [0.717, 1.165) is 68.4 Å². The van der Waals surface area contributed by atoms with Gasteiger partial charge in [-0.3, -0.25) is 0 Å². The quantitative estimate of drug-likeness (QED) is 0.446. The summed E-state index contributed by atoms with van der Waals surface area (Å²) in [5, 5.41) is 18.4. The van der Waals surface area contributed by atoms with Crippen LogP contribution in [0.4, 0.5) is 11.5 Å². The largest absolute Gasteiger partial charge is 0.473 e. The monoisotopic (exact) mass is 542 g/mol. The van der Waals surface area contributed by atoms with Crippen molar-refractivity contribution in [3.8, 4) is 11.9 Å². The highest BCUT2D eigenvalue weighted by atomic mass is 16.5. The number of aryl methyl sites for hydroxylation is 1. The first-order valence-corrected chi connectivity index (χ1v) is 15.8. The van der Waals surface area contributed by atoms with Gasteiger partial charge in [0.05, 0.1) is 11.6 Å². The summed E-state index contributed by atoms with van der Waals surface area (Å²) < 4.78 is 6.26. The molecule has 0 N–H and O–H groups in total. The minimum Gasteiger partial charge on any atom is -0.473 e. The molecule has 40 heavy (non-hydrogen) atoms. The normalized spacial score (nSPS) is 24.4. The summed E-state index contributed by atoms with van der Waals surface area (Å²) in [5.74, 6) is 2.55. The number of rotatable bonds is 6. The molecule has 0 amide bonds. The van der Waals surface area contributed by atoms with Gasteiger partial charge >= 0.3 is 0 Å². The van der Waals surface area contributed by atoms with Crippen LogP contribution in [-0.4, -0.2) is 66.5 Å². The fourth-order valence-electron chi connectivity index (χ4n) is 7.85. The van der Waals surface area contributed by atoms with Crippen LogP contribution in [0.15, 0.2) is 30.3 Å². The number of nitriles is 1. The fraction of sp³-hybridized carbons (Fsp3) is 0.667. The maximum atomic E-state index is 9.30. The summed E-state index contributed by atoms with van der Waals surface area (Å²) in [4.78, 5) is 7.60. The predicted molar refractivity (Wildman–Crippen MR) is 160 cm³/mol. The molecule has 4 heterocycles. The van der Waals surface area contributed by atoms with Crippen LogP contribution in [0.25, 0.3) is 0 Å². The smallest absolute Gasteiger partial charge is 0.233 e. The standard InChI is InChI=1S/C33H46N6O/c1-25-20-29(9-8-28(25)22-34)39-24-33(21-26(39)2)14-18-38(19-15-33)31-10-11-32(36-35-31)40-30-12-16-37(17-13-30)23-27-6-4-3-5-7-27/h8-11,20,26-27,30H,3-7,12-19,21,23-24H2,1-2H3/t26-/m0/s1. The lowest BCUT2D eigenvalue weighted by Gasteiger charge is -2.39. The zero-order chi connectivity index (χ0) is 27.5. The lowest BCUT2D eigenvalue weighted by atomic mass is 9.77. The van der Waals surface area contributed by atoms with Crippen LogP contribution in [0.2, 0.25) is 0 Å². The summed E-state index contributed by atoms with van der Waals surface area (Å²) in [6.45, 7) is 11.1. The molecule has 1 aromatic carbocycles. The molecule has 1 atom stereocenters. The number of hydrogen-bond donors (Lipinski definition) is 0. The number of likely N-dealkylation sites (tertiary alicyclic amines) is 1. The third-order valence-electron chi connectivity index (χ3n) is 10.3. The Balaban J connectivity index is 0.974. The molecule has 3 aliphatic heterocycles. The number of benzene rings is 1. The summed E-state index contributed by atoms with van der Waals surface area (Å²) in [7, 11) is 0. The van der Waals surface area contributed by atoms with Gasteiger partial charge in [-0.1, -0.05) is 19.3 Å². The Morgan fingerprint density at radius 3 is 2.42 bits per heavy atom. The average Bonchev–Trinajstić information content (AvgIpc) is 3.30. The van der Waals surface area contributed by atoms with E-state index in [4.69, 9.17) is 4.74 Å². The first kappa shape index (κ1) is 27.3. The molecule has 6 rings (SSSR count). The second-order valence-electron chi connectivity index (χ2n) is 13.1. The van der Waals surface area contributed by atoms with Crippen molar-refractivity contribution in [3.05, 3.63) is 41.5 Å². The summed E-state index contributed by atoms with van der Waals surface area (Å²) in [6, 6.07) is 13.2. The van der Waals surface area contributed by atoms with Crippen molar-refractivity contribution in [1.82, 2.24) is 15.1 Å². The SMILES string of the molecule is Cc1cc(N2CC3(CCN(c4ccc(OC5CCN(CC6CCCCC6)CC5)nn4)CC3)C[C@@H]2C)ccc1C#N. The molecule has 7 heteroatoms. The van der Waals surface area contributed by atoms with Crippen LogP contribution < -0.4 is 14.5 Å². The van der Waals surface area contributed by atoms with Gasteiger partial charge in [-0.25, -0.2) is 0 Å². The van der Waals surface area contributed by atoms with E-state index in [2.05, 4.69) is 56.1 Å². The molecule has 0 radical (unpaired) electrons.